The molecule has 0 saturated carbocycles. The Balaban J connectivity index is 2.08. The Bertz CT molecular complexity index is 508. The van der Waals surface area contributed by atoms with Crippen LogP contribution < -0.4 is 4.57 Å². The maximum atomic E-state index is 3.77. The van der Waals surface area contributed by atoms with Crippen LogP contribution in [0.25, 0.3) is 6.08 Å². The minimum Gasteiger partial charge on any atom is -0.234 e. The van der Waals surface area contributed by atoms with Crippen molar-refractivity contribution in [3.8, 4) is 0 Å². The molecule has 94 valence electrons. The van der Waals surface area contributed by atoms with Crippen molar-refractivity contribution in [3.05, 3.63) is 60.7 Å². The van der Waals surface area contributed by atoms with Gasteiger partial charge in [-0.1, -0.05) is 43.8 Å². The van der Waals surface area contributed by atoms with Crippen molar-refractivity contribution in [1.82, 2.24) is 4.57 Å². The summed E-state index contributed by atoms with van der Waals surface area (Å²) in [5.74, 6) is 0. The molecule has 0 saturated heterocycles. The van der Waals surface area contributed by atoms with Crippen LogP contribution in [0.15, 0.2) is 49.6 Å². The third-order valence-corrected chi connectivity index (χ3v) is 3.39. The third kappa shape index (κ3) is 2.89. The third-order valence-electron chi connectivity index (χ3n) is 3.39. The fourth-order valence-corrected chi connectivity index (χ4v) is 1.95. The Morgan fingerprint density at radius 3 is 2.67 bits per heavy atom. The van der Waals surface area contributed by atoms with E-state index in [1.807, 2.05) is 6.08 Å². The van der Waals surface area contributed by atoms with Gasteiger partial charge < -0.3 is 0 Å². The number of hydrogen-bond donors (Lipinski definition) is 0. The van der Waals surface area contributed by atoms with Crippen LogP contribution in [0.1, 0.15) is 37.4 Å². The topological polar surface area (TPSA) is 8.81 Å². The summed E-state index contributed by atoms with van der Waals surface area (Å²) in [4.78, 5) is 0. The van der Waals surface area contributed by atoms with Crippen LogP contribution in [0.5, 0.6) is 0 Å². The van der Waals surface area contributed by atoms with E-state index in [1.54, 1.807) is 0 Å². The van der Waals surface area contributed by atoms with Crippen LogP contribution in [-0.2, 0) is 6.54 Å². The average Bonchev–Trinajstić information content (AvgIpc) is 2.87. The van der Waals surface area contributed by atoms with E-state index in [-0.39, 0.29) is 0 Å². The fourth-order valence-electron chi connectivity index (χ4n) is 1.95. The van der Waals surface area contributed by atoms with E-state index in [1.165, 1.54) is 11.1 Å². The molecule has 1 atom stereocenters. The summed E-state index contributed by atoms with van der Waals surface area (Å²) in [6, 6.07) is 9.09. The van der Waals surface area contributed by atoms with Gasteiger partial charge in [-0.25, -0.2) is 9.13 Å². The summed E-state index contributed by atoms with van der Waals surface area (Å²) in [6.07, 6.45) is 9.48. The molecule has 0 aliphatic carbocycles. The van der Waals surface area contributed by atoms with Gasteiger partial charge in [0.05, 0.1) is 6.04 Å². The minimum absolute atomic E-state index is 0.564. The molecule has 0 amide bonds. The van der Waals surface area contributed by atoms with Gasteiger partial charge in [0.15, 0.2) is 0 Å². The molecular weight excluding hydrogens is 220 g/mol. The van der Waals surface area contributed by atoms with Gasteiger partial charge in [-0.2, -0.15) is 0 Å². The van der Waals surface area contributed by atoms with E-state index in [2.05, 4.69) is 72.5 Å². The smallest absolute Gasteiger partial charge is 0.234 e. The Kier molecular flexibility index (Phi) is 3.98. The van der Waals surface area contributed by atoms with Crippen molar-refractivity contribution >= 4 is 6.08 Å². The lowest BCUT2D eigenvalue weighted by atomic mass is 10.1. The summed E-state index contributed by atoms with van der Waals surface area (Å²) < 4.78 is 4.48. The summed E-state index contributed by atoms with van der Waals surface area (Å²) >= 11 is 0. The van der Waals surface area contributed by atoms with Gasteiger partial charge in [-0.15, -0.1) is 0 Å². The first-order valence-corrected chi connectivity index (χ1v) is 6.51. The largest absolute Gasteiger partial charge is 0.244 e. The SMILES string of the molecule is C=Cc1ccc(C[n+]2ccn(C(C)CC)c2)cc1. The lowest BCUT2D eigenvalue weighted by Gasteiger charge is -2.02. The Morgan fingerprint density at radius 2 is 2.06 bits per heavy atom. The Hall–Kier alpha value is -1.83. The number of nitrogens with zero attached hydrogens (tertiary/aromatic N) is 2. The number of rotatable bonds is 5. The Morgan fingerprint density at radius 1 is 1.33 bits per heavy atom. The normalized spacial score (nSPS) is 12.3. The standard InChI is InChI=1S/C16H21N2/c1-4-14(3)18-11-10-17(13-18)12-16-8-6-15(5-2)7-9-16/h5-11,13-14H,2,4,12H2,1,3H3/q+1. The van der Waals surface area contributed by atoms with E-state index < -0.39 is 0 Å². The highest BCUT2D eigenvalue weighted by atomic mass is 15.1. The van der Waals surface area contributed by atoms with Crippen molar-refractivity contribution < 1.29 is 4.57 Å². The van der Waals surface area contributed by atoms with Gasteiger partial charge in [0.25, 0.3) is 0 Å². The highest BCUT2D eigenvalue weighted by Crippen LogP contribution is 2.08. The molecule has 2 rings (SSSR count). The highest BCUT2D eigenvalue weighted by molar-refractivity contribution is 5.47. The summed E-state index contributed by atoms with van der Waals surface area (Å²) in [6.45, 7) is 9.14. The lowest BCUT2D eigenvalue weighted by Crippen LogP contribution is -2.31. The maximum absolute atomic E-state index is 3.77. The van der Waals surface area contributed by atoms with Crippen LogP contribution in [0.4, 0.5) is 0 Å². The second kappa shape index (κ2) is 5.67. The monoisotopic (exact) mass is 241 g/mol. The second-order valence-corrected chi connectivity index (χ2v) is 4.74. The van der Waals surface area contributed by atoms with E-state index in [0.717, 1.165) is 13.0 Å². The molecule has 1 aromatic carbocycles. The van der Waals surface area contributed by atoms with Gasteiger partial charge in [-0.3, -0.25) is 0 Å². The maximum Gasteiger partial charge on any atom is 0.244 e. The summed E-state index contributed by atoms with van der Waals surface area (Å²) in [5, 5.41) is 0. The molecule has 1 heterocycles. The number of aromatic nitrogens is 2. The van der Waals surface area contributed by atoms with Crippen molar-refractivity contribution in [2.75, 3.05) is 0 Å². The predicted octanol–water partition coefficient (Wildman–Crippen LogP) is 3.44. The molecule has 0 bridgehead atoms. The van der Waals surface area contributed by atoms with E-state index in [0.29, 0.717) is 6.04 Å². The first-order chi connectivity index (χ1) is 8.72. The number of benzene rings is 1. The molecule has 0 radical (unpaired) electrons. The minimum atomic E-state index is 0.564. The molecule has 0 aliphatic rings. The highest BCUT2D eigenvalue weighted by Gasteiger charge is 2.09. The van der Waals surface area contributed by atoms with E-state index in [4.69, 9.17) is 0 Å². The van der Waals surface area contributed by atoms with Gasteiger partial charge in [0.2, 0.25) is 6.33 Å². The number of hydrogen-bond acceptors (Lipinski definition) is 0. The van der Waals surface area contributed by atoms with Gasteiger partial charge in [-0.05, 0) is 24.5 Å². The van der Waals surface area contributed by atoms with Crippen LogP contribution in [0, 0.1) is 0 Å². The van der Waals surface area contributed by atoms with E-state index >= 15 is 0 Å². The zero-order chi connectivity index (χ0) is 13.0. The summed E-state index contributed by atoms with van der Waals surface area (Å²) in [7, 11) is 0. The zero-order valence-electron chi connectivity index (χ0n) is 11.2. The van der Waals surface area contributed by atoms with Crippen LogP contribution in [0.3, 0.4) is 0 Å². The fraction of sp³-hybridized carbons (Fsp3) is 0.312. The molecule has 2 aromatic rings. The van der Waals surface area contributed by atoms with Crippen molar-refractivity contribution in [3.63, 3.8) is 0 Å². The average molecular weight is 241 g/mol. The van der Waals surface area contributed by atoms with E-state index in [9.17, 15) is 0 Å². The molecule has 0 spiro atoms. The molecule has 0 aliphatic heterocycles. The number of imidazole rings is 1. The molecule has 0 N–H and O–H groups in total. The predicted molar refractivity (Wildman–Crippen MR) is 75.3 cm³/mol. The van der Waals surface area contributed by atoms with Crippen LogP contribution in [0.2, 0.25) is 0 Å². The first-order valence-electron chi connectivity index (χ1n) is 6.51. The summed E-state index contributed by atoms with van der Waals surface area (Å²) in [5.41, 5.74) is 2.48. The van der Waals surface area contributed by atoms with Gasteiger partial charge in [0.1, 0.15) is 18.9 Å². The van der Waals surface area contributed by atoms with Crippen LogP contribution in [-0.4, -0.2) is 4.57 Å². The molecule has 2 nitrogen and oxygen atoms in total. The molecule has 2 heteroatoms. The van der Waals surface area contributed by atoms with Gasteiger partial charge in [0, 0.05) is 0 Å². The molecule has 1 unspecified atom stereocenters. The van der Waals surface area contributed by atoms with Crippen molar-refractivity contribution in [2.24, 2.45) is 0 Å². The van der Waals surface area contributed by atoms with Crippen molar-refractivity contribution in [2.45, 2.75) is 32.9 Å². The quantitative estimate of drug-likeness (QED) is 0.709. The Labute approximate surface area is 109 Å². The van der Waals surface area contributed by atoms with Crippen molar-refractivity contribution in [1.29, 1.82) is 0 Å². The zero-order valence-corrected chi connectivity index (χ0v) is 11.2. The molecular formula is C16H21N2+. The van der Waals surface area contributed by atoms with Gasteiger partial charge >= 0.3 is 0 Å². The lowest BCUT2D eigenvalue weighted by molar-refractivity contribution is -0.688. The van der Waals surface area contributed by atoms with Crippen LogP contribution >= 0.6 is 0 Å². The second-order valence-electron chi connectivity index (χ2n) is 4.74. The molecule has 18 heavy (non-hydrogen) atoms. The first kappa shape index (κ1) is 12.6. The molecule has 1 aromatic heterocycles. The molecule has 0 fully saturated rings.